The normalized spacial score (nSPS) is 13.9. The summed E-state index contributed by atoms with van der Waals surface area (Å²) in [4.78, 5) is 0. The SMILES string of the molecule is C=COC(F)(F)OC(F)(F)C(F)(F)F. The third-order valence-electron chi connectivity index (χ3n) is 0.798. The minimum Gasteiger partial charge on any atom is -0.418 e. The Balaban J connectivity index is 4.57. The van der Waals surface area contributed by atoms with E-state index in [2.05, 4.69) is 16.1 Å². The van der Waals surface area contributed by atoms with Gasteiger partial charge in [-0.2, -0.15) is 22.0 Å². The van der Waals surface area contributed by atoms with Crippen LogP contribution in [0.5, 0.6) is 0 Å². The fourth-order valence-corrected chi connectivity index (χ4v) is 0.328. The van der Waals surface area contributed by atoms with Gasteiger partial charge in [-0.25, -0.2) is 4.74 Å². The first-order valence-corrected chi connectivity index (χ1v) is 2.83. The Morgan fingerprint density at radius 2 is 1.36 bits per heavy atom. The zero-order valence-corrected chi connectivity index (χ0v) is 6.25. The second-order valence-electron chi connectivity index (χ2n) is 1.86. The van der Waals surface area contributed by atoms with Gasteiger partial charge in [-0.15, -0.1) is 8.78 Å². The second kappa shape index (κ2) is 3.64. The monoisotopic (exact) mass is 228 g/mol. The molecule has 0 saturated heterocycles. The van der Waals surface area contributed by atoms with Crippen LogP contribution in [0.25, 0.3) is 0 Å². The van der Waals surface area contributed by atoms with Crippen LogP contribution in [-0.2, 0) is 9.47 Å². The van der Waals surface area contributed by atoms with Gasteiger partial charge in [-0.1, -0.05) is 6.58 Å². The molecule has 0 unspecified atom stereocenters. The summed E-state index contributed by atoms with van der Waals surface area (Å²) in [5, 5.41) is 0. The molecular weight excluding hydrogens is 225 g/mol. The molecule has 0 aliphatic carbocycles. The molecule has 0 aliphatic heterocycles. The van der Waals surface area contributed by atoms with E-state index in [1.165, 1.54) is 0 Å². The molecule has 0 N–H and O–H groups in total. The van der Waals surface area contributed by atoms with Crippen molar-refractivity contribution in [1.29, 1.82) is 0 Å². The van der Waals surface area contributed by atoms with Gasteiger partial charge in [0.15, 0.2) is 0 Å². The first kappa shape index (κ1) is 13.0. The van der Waals surface area contributed by atoms with E-state index in [1.807, 2.05) is 0 Å². The van der Waals surface area contributed by atoms with Gasteiger partial charge in [0.05, 0.1) is 6.26 Å². The van der Waals surface area contributed by atoms with Crippen molar-refractivity contribution in [2.45, 2.75) is 18.6 Å². The fourth-order valence-electron chi connectivity index (χ4n) is 0.328. The molecule has 0 bridgehead atoms. The zero-order chi connectivity index (χ0) is 11.6. The van der Waals surface area contributed by atoms with Gasteiger partial charge in [0.1, 0.15) is 0 Å². The Kier molecular flexibility index (Phi) is 3.38. The standard InChI is InChI=1S/C5H3F7O2/c1-2-13-5(11,12)14-4(9,10)3(6,7)8/h2H,1H2. The third-order valence-corrected chi connectivity index (χ3v) is 0.798. The van der Waals surface area contributed by atoms with Gasteiger partial charge in [-0.05, 0) is 0 Å². The largest absolute Gasteiger partial charge is 0.539 e. The minimum absolute atomic E-state index is 0.0353. The van der Waals surface area contributed by atoms with Gasteiger partial charge in [-0.3, -0.25) is 0 Å². The molecule has 0 rings (SSSR count). The van der Waals surface area contributed by atoms with E-state index < -0.39 is 18.6 Å². The van der Waals surface area contributed by atoms with E-state index >= 15 is 0 Å². The average Bonchev–Trinajstić information content (AvgIpc) is 1.80. The molecule has 0 aromatic carbocycles. The molecule has 0 aromatic heterocycles. The summed E-state index contributed by atoms with van der Waals surface area (Å²) in [5.74, 6) is 0. The van der Waals surface area contributed by atoms with Crippen molar-refractivity contribution in [3.8, 4) is 0 Å². The highest BCUT2D eigenvalue weighted by Gasteiger charge is 2.64. The van der Waals surface area contributed by atoms with Crippen LogP contribution in [0.15, 0.2) is 12.8 Å². The van der Waals surface area contributed by atoms with Gasteiger partial charge in [0, 0.05) is 0 Å². The van der Waals surface area contributed by atoms with E-state index in [1.54, 1.807) is 0 Å². The number of rotatable bonds is 4. The van der Waals surface area contributed by atoms with Crippen LogP contribution in [0.4, 0.5) is 30.7 Å². The quantitative estimate of drug-likeness (QED) is 0.418. The Labute approximate surface area is 72.9 Å². The van der Waals surface area contributed by atoms with E-state index in [0.29, 0.717) is 0 Å². The average molecular weight is 228 g/mol. The fraction of sp³-hybridized carbons (Fsp3) is 0.600. The van der Waals surface area contributed by atoms with Crippen LogP contribution in [0.3, 0.4) is 0 Å². The maximum absolute atomic E-state index is 12.0. The molecular formula is C5H3F7O2. The number of halogens is 7. The van der Waals surface area contributed by atoms with Crippen LogP contribution in [-0.4, -0.2) is 18.6 Å². The maximum Gasteiger partial charge on any atom is 0.539 e. The second-order valence-corrected chi connectivity index (χ2v) is 1.86. The van der Waals surface area contributed by atoms with Crippen LogP contribution in [0.1, 0.15) is 0 Å². The van der Waals surface area contributed by atoms with Crippen LogP contribution < -0.4 is 0 Å². The predicted octanol–water partition coefficient (Wildman–Crippen LogP) is 2.87. The first-order valence-electron chi connectivity index (χ1n) is 2.83. The highest BCUT2D eigenvalue weighted by atomic mass is 19.4. The summed E-state index contributed by atoms with van der Waals surface area (Å²) in [6.07, 6.45) is -17.4. The summed E-state index contributed by atoms with van der Waals surface area (Å²) in [5.41, 5.74) is 0. The summed E-state index contributed by atoms with van der Waals surface area (Å²) in [6, 6.07) is 0. The predicted molar refractivity (Wildman–Crippen MR) is 28.3 cm³/mol. The van der Waals surface area contributed by atoms with Gasteiger partial charge in [0.2, 0.25) is 0 Å². The molecule has 0 saturated carbocycles. The van der Waals surface area contributed by atoms with Crippen molar-refractivity contribution in [2.75, 3.05) is 0 Å². The number of ether oxygens (including phenoxy) is 2. The highest BCUT2D eigenvalue weighted by Crippen LogP contribution is 2.40. The molecule has 0 heterocycles. The molecule has 84 valence electrons. The Morgan fingerprint density at radius 1 is 0.929 bits per heavy atom. The topological polar surface area (TPSA) is 18.5 Å². The van der Waals surface area contributed by atoms with Crippen molar-refractivity contribution in [3.05, 3.63) is 12.8 Å². The molecule has 0 radical (unpaired) electrons. The van der Waals surface area contributed by atoms with Crippen molar-refractivity contribution < 1.29 is 40.2 Å². The lowest BCUT2D eigenvalue weighted by Crippen LogP contribution is -2.45. The van der Waals surface area contributed by atoms with Crippen LogP contribution in [0, 0.1) is 0 Å². The maximum atomic E-state index is 12.0. The Bertz CT molecular complexity index is 209. The lowest BCUT2D eigenvalue weighted by atomic mass is 10.6. The highest BCUT2D eigenvalue weighted by molar-refractivity contribution is 4.65. The van der Waals surface area contributed by atoms with Crippen molar-refractivity contribution in [3.63, 3.8) is 0 Å². The smallest absolute Gasteiger partial charge is 0.418 e. The molecule has 2 nitrogen and oxygen atoms in total. The molecule has 0 amide bonds. The van der Waals surface area contributed by atoms with Crippen molar-refractivity contribution in [1.82, 2.24) is 0 Å². The van der Waals surface area contributed by atoms with E-state index in [9.17, 15) is 30.7 Å². The van der Waals surface area contributed by atoms with E-state index in [-0.39, 0.29) is 6.26 Å². The van der Waals surface area contributed by atoms with E-state index in [4.69, 9.17) is 0 Å². The Hall–Kier alpha value is -0.990. The lowest BCUT2D eigenvalue weighted by Gasteiger charge is -2.23. The van der Waals surface area contributed by atoms with Gasteiger partial charge >= 0.3 is 18.6 Å². The number of hydrogen-bond acceptors (Lipinski definition) is 2. The Morgan fingerprint density at radius 3 is 1.64 bits per heavy atom. The van der Waals surface area contributed by atoms with Crippen LogP contribution >= 0.6 is 0 Å². The number of hydrogen-bond donors (Lipinski definition) is 0. The summed E-state index contributed by atoms with van der Waals surface area (Å²) >= 11 is 0. The van der Waals surface area contributed by atoms with Gasteiger partial charge in [0.25, 0.3) is 0 Å². The molecule has 0 atom stereocenters. The van der Waals surface area contributed by atoms with E-state index in [0.717, 1.165) is 0 Å². The lowest BCUT2D eigenvalue weighted by molar-refractivity contribution is -0.503. The number of alkyl halides is 7. The van der Waals surface area contributed by atoms with Crippen molar-refractivity contribution in [2.24, 2.45) is 0 Å². The first-order chi connectivity index (χ1) is 6.02. The summed E-state index contributed by atoms with van der Waals surface area (Å²) in [6.45, 7) is 2.53. The molecule has 0 aromatic rings. The van der Waals surface area contributed by atoms with Crippen molar-refractivity contribution >= 4 is 0 Å². The van der Waals surface area contributed by atoms with Gasteiger partial charge < -0.3 is 4.74 Å². The summed E-state index contributed by atoms with van der Waals surface area (Å²) in [7, 11) is 0. The summed E-state index contributed by atoms with van der Waals surface area (Å²) < 4.78 is 86.6. The van der Waals surface area contributed by atoms with Crippen LogP contribution in [0.2, 0.25) is 0 Å². The molecule has 0 spiro atoms. The third kappa shape index (κ3) is 3.40. The molecule has 9 heteroatoms. The minimum atomic E-state index is -6.25. The molecule has 0 fully saturated rings. The molecule has 0 aliphatic rings. The molecule has 14 heavy (non-hydrogen) atoms. The zero-order valence-electron chi connectivity index (χ0n) is 6.25.